The summed E-state index contributed by atoms with van der Waals surface area (Å²) < 4.78 is 11.3. The van der Waals surface area contributed by atoms with Crippen molar-refractivity contribution in [1.82, 2.24) is 15.0 Å². The van der Waals surface area contributed by atoms with E-state index in [0.29, 0.717) is 22.9 Å². The van der Waals surface area contributed by atoms with Gasteiger partial charge < -0.3 is 8.83 Å². The fourth-order valence-corrected chi connectivity index (χ4v) is 2.83. The van der Waals surface area contributed by atoms with Gasteiger partial charge in [0.05, 0.1) is 5.57 Å². The highest BCUT2D eigenvalue weighted by Crippen LogP contribution is 2.29. The van der Waals surface area contributed by atoms with E-state index >= 15 is 0 Å². The zero-order valence-corrected chi connectivity index (χ0v) is 13.2. The summed E-state index contributed by atoms with van der Waals surface area (Å²) in [6.45, 7) is 0. The van der Waals surface area contributed by atoms with E-state index in [1.165, 1.54) is 18.5 Å². The Balaban J connectivity index is 1.53. The molecule has 0 bridgehead atoms. The Morgan fingerprint density at radius 1 is 0.885 bits per heavy atom. The number of fused-ring (bicyclic) bond motifs is 2. The number of rotatable bonds is 2. The Hall–Kier alpha value is -3.87. The summed E-state index contributed by atoms with van der Waals surface area (Å²) in [4.78, 5) is 36.8. The van der Waals surface area contributed by atoms with Crippen LogP contribution >= 0.6 is 0 Å². The molecule has 0 radical (unpaired) electrons. The molecule has 0 aliphatic heterocycles. The van der Waals surface area contributed by atoms with Gasteiger partial charge in [-0.3, -0.25) is 9.59 Å². The van der Waals surface area contributed by atoms with Crippen LogP contribution in [0.25, 0.3) is 28.8 Å². The maximum absolute atomic E-state index is 12.3. The molecular weight excluding hydrogens is 334 g/mol. The lowest BCUT2D eigenvalue weighted by Crippen LogP contribution is -2.00. The number of Topliss-reactive ketones (excluding diaryl/α,β-unsaturated/α-hetero) is 2. The first kappa shape index (κ1) is 14.5. The Labute approximate surface area is 146 Å². The summed E-state index contributed by atoms with van der Waals surface area (Å²) in [7, 11) is 0. The van der Waals surface area contributed by atoms with Crippen molar-refractivity contribution in [3.63, 3.8) is 0 Å². The first-order valence-corrected chi connectivity index (χ1v) is 7.78. The molecule has 3 aromatic heterocycles. The van der Waals surface area contributed by atoms with E-state index in [4.69, 9.17) is 8.83 Å². The normalized spacial score (nSPS) is 13.5. The SMILES string of the molecule is O=C1C(=Cc2cc3oc(-c4ccccc4)nc3o2)C(=O)c2nccnc21. The summed E-state index contributed by atoms with van der Waals surface area (Å²) in [5, 5.41) is 0. The molecule has 3 heterocycles. The molecule has 1 aliphatic carbocycles. The van der Waals surface area contributed by atoms with Gasteiger partial charge >= 0.3 is 0 Å². The van der Waals surface area contributed by atoms with Gasteiger partial charge in [-0.1, -0.05) is 18.2 Å². The number of allylic oxidation sites excluding steroid dienone is 1. The van der Waals surface area contributed by atoms with Crippen molar-refractivity contribution < 1.29 is 18.4 Å². The summed E-state index contributed by atoms with van der Waals surface area (Å²) >= 11 is 0. The van der Waals surface area contributed by atoms with Gasteiger partial charge in [0, 0.05) is 24.0 Å². The van der Waals surface area contributed by atoms with E-state index in [0.717, 1.165) is 5.56 Å². The van der Waals surface area contributed by atoms with Crippen molar-refractivity contribution in [3.8, 4) is 11.5 Å². The van der Waals surface area contributed by atoms with E-state index in [1.807, 2.05) is 30.3 Å². The van der Waals surface area contributed by atoms with Gasteiger partial charge in [0.1, 0.15) is 17.1 Å². The van der Waals surface area contributed by atoms with E-state index < -0.39 is 11.6 Å². The zero-order chi connectivity index (χ0) is 17.7. The van der Waals surface area contributed by atoms with E-state index in [1.54, 1.807) is 6.07 Å². The molecule has 1 aliphatic rings. The van der Waals surface area contributed by atoms with E-state index in [9.17, 15) is 9.59 Å². The van der Waals surface area contributed by atoms with Crippen LogP contribution < -0.4 is 0 Å². The number of aromatic nitrogens is 3. The van der Waals surface area contributed by atoms with Crippen LogP contribution in [0.2, 0.25) is 0 Å². The zero-order valence-electron chi connectivity index (χ0n) is 13.2. The highest BCUT2D eigenvalue weighted by Gasteiger charge is 2.36. The molecule has 0 spiro atoms. The molecule has 7 nitrogen and oxygen atoms in total. The summed E-state index contributed by atoms with van der Waals surface area (Å²) in [6.07, 6.45) is 4.12. The second-order valence-corrected chi connectivity index (χ2v) is 5.67. The Kier molecular flexibility index (Phi) is 2.96. The smallest absolute Gasteiger partial charge is 0.266 e. The lowest BCUT2D eigenvalue weighted by atomic mass is 10.1. The second kappa shape index (κ2) is 5.32. The van der Waals surface area contributed by atoms with Crippen LogP contribution in [0.15, 0.2) is 63.2 Å². The van der Waals surface area contributed by atoms with Crippen molar-refractivity contribution in [2.24, 2.45) is 0 Å². The molecule has 1 aromatic carbocycles. The first-order chi connectivity index (χ1) is 12.7. The van der Waals surface area contributed by atoms with Crippen molar-refractivity contribution in [1.29, 1.82) is 0 Å². The van der Waals surface area contributed by atoms with E-state index in [2.05, 4.69) is 15.0 Å². The number of carbonyl (C=O) groups is 2. The Bertz CT molecular complexity index is 1150. The number of oxazole rings is 1. The Morgan fingerprint density at radius 3 is 2.23 bits per heavy atom. The molecule has 26 heavy (non-hydrogen) atoms. The highest BCUT2D eigenvalue weighted by atomic mass is 16.4. The molecule has 0 fully saturated rings. The van der Waals surface area contributed by atoms with Crippen molar-refractivity contribution in [3.05, 3.63) is 71.5 Å². The lowest BCUT2D eigenvalue weighted by molar-refractivity contribution is 0.0987. The molecule has 4 aromatic rings. The fourth-order valence-electron chi connectivity index (χ4n) is 2.83. The third-order valence-corrected chi connectivity index (χ3v) is 4.03. The average Bonchev–Trinajstić information content (AvgIpc) is 3.30. The number of carbonyl (C=O) groups excluding carboxylic acids is 2. The van der Waals surface area contributed by atoms with Crippen molar-refractivity contribution in [2.45, 2.75) is 0 Å². The monoisotopic (exact) mass is 343 g/mol. The molecular formula is C19H9N3O4. The number of ketones is 2. The minimum Gasteiger partial charge on any atom is -0.436 e. The molecule has 124 valence electrons. The summed E-state index contributed by atoms with van der Waals surface area (Å²) in [5.41, 5.74) is 1.63. The highest BCUT2D eigenvalue weighted by molar-refractivity contribution is 6.40. The summed E-state index contributed by atoms with van der Waals surface area (Å²) in [6, 6.07) is 11.0. The van der Waals surface area contributed by atoms with Crippen LogP contribution in [0.5, 0.6) is 0 Å². The summed E-state index contributed by atoms with van der Waals surface area (Å²) in [5.74, 6) is -0.198. The fraction of sp³-hybridized carbons (Fsp3) is 0. The molecule has 7 heteroatoms. The van der Waals surface area contributed by atoms with Crippen LogP contribution in [0, 0.1) is 0 Å². The van der Waals surface area contributed by atoms with Gasteiger partial charge in [-0.15, -0.1) is 0 Å². The third kappa shape index (κ3) is 2.11. The van der Waals surface area contributed by atoms with Gasteiger partial charge in [0.25, 0.3) is 5.71 Å². The number of benzene rings is 1. The van der Waals surface area contributed by atoms with E-state index in [-0.39, 0.29) is 17.0 Å². The quantitative estimate of drug-likeness (QED) is 0.406. The number of hydrogen-bond acceptors (Lipinski definition) is 7. The molecule has 0 amide bonds. The van der Waals surface area contributed by atoms with Crippen LogP contribution in [-0.4, -0.2) is 26.5 Å². The molecule has 5 rings (SSSR count). The van der Waals surface area contributed by atoms with Crippen molar-refractivity contribution in [2.75, 3.05) is 0 Å². The van der Waals surface area contributed by atoms with Gasteiger partial charge in [0.2, 0.25) is 17.5 Å². The van der Waals surface area contributed by atoms with Gasteiger partial charge in [0.15, 0.2) is 5.58 Å². The van der Waals surface area contributed by atoms with Crippen LogP contribution in [-0.2, 0) is 0 Å². The predicted molar refractivity (Wildman–Crippen MR) is 90.4 cm³/mol. The van der Waals surface area contributed by atoms with Crippen LogP contribution in [0.1, 0.15) is 26.7 Å². The molecule has 0 saturated heterocycles. The van der Waals surface area contributed by atoms with Crippen LogP contribution in [0.4, 0.5) is 0 Å². The lowest BCUT2D eigenvalue weighted by Gasteiger charge is -1.93. The molecule has 0 atom stereocenters. The largest absolute Gasteiger partial charge is 0.436 e. The molecule has 0 unspecified atom stereocenters. The van der Waals surface area contributed by atoms with Gasteiger partial charge in [-0.25, -0.2) is 9.97 Å². The minimum absolute atomic E-state index is 0.0362. The third-order valence-electron chi connectivity index (χ3n) is 4.03. The Morgan fingerprint density at radius 2 is 1.58 bits per heavy atom. The number of hydrogen-bond donors (Lipinski definition) is 0. The molecule has 0 N–H and O–H groups in total. The average molecular weight is 343 g/mol. The maximum atomic E-state index is 12.3. The maximum Gasteiger partial charge on any atom is 0.266 e. The predicted octanol–water partition coefficient (Wildman–Crippen LogP) is 3.34. The first-order valence-electron chi connectivity index (χ1n) is 7.78. The van der Waals surface area contributed by atoms with Crippen LogP contribution in [0.3, 0.4) is 0 Å². The number of furan rings is 1. The molecule has 0 saturated carbocycles. The topological polar surface area (TPSA) is 99.1 Å². The van der Waals surface area contributed by atoms with Gasteiger partial charge in [-0.2, -0.15) is 4.98 Å². The van der Waals surface area contributed by atoms with Crippen molar-refractivity contribution >= 4 is 28.9 Å². The van der Waals surface area contributed by atoms with Gasteiger partial charge in [-0.05, 0) is 18.2 Å². The minimum atomic E-state index is -0.468. The second-order valence-electron chi connectivity index (χ2n) is 5.67. The number of nitrogens with zero attached hydrogens (tertiary/aromatic N) is 3. The standard InChI is InChI=1S/C19H9N3O4/c23-16-12(17(24)15-14(16)20-6-7-21-15)8-11-9-13-19(25-11)22-18(26-13)10-4-2-1-3-5-10/h1-9H.